The van der Waals surface area contributed by atoms with Crippen LogP contribution in [0.4, 0.5) is 0 Å². The molecule has 0 aromatic heterocycles. The third-order valence-corrected chi connectivity index (χ3v) is 5.16. The monoisotopic (exact) mass is 303 g/mol. The van der Waals surface area contributed by atoms with Crippen molar-refractivity contribution in [3.05, 3.63) is 65.2 Å². The first-order valence-corrected chi connectivity index (χ1v) is 8.57. The van der Waals surface area contributed by atoms with E-state index in [0.717, 1.165) is 16.7 Å². The molecule has 3 nitrogen and oxygen atoms in total. The zero-order chi connectivity index (χ0) is 15.5. The average Bonchev–Trinajstić information content (AvgIpc) is 2.45. The summed E-state index contributed by atoms with van der Waals surface area (Å²) in [5.41, 5.74) is 2.81. The first-order valence-electron chi connectivity index (χ1n) is 7.08. The Morgan fingerprint density at radius 3 is 2.29 bits per heavy atom. The molecular formula is C17H21NO2S. The Morgan fingerprint density at radius 1 is 1.05 bits per heavy atom. The van der Waals surface area contributed by atoms with E-state index in [0.29, 0.717) is 11.3 Å². The Hall–Kier alpha value is -1.65. The first-order chi connectivity index (χ1) is 9.94. The summed E-state index contributed by atoms with van der Waals surface area (Å²) in [7, 11) is -3.52. The number of nitrogens with one attached hydrogen (secondary N) is 1. The maximum Gasteiger partial charge on any atom is 0.241 e. The molecule has 2 rings (SSSR count). The molecule has 0 aliphatic heterocycles. The highest BCUT2D eigenvalue weighted by Gasteiger charge is 2.21. The molecule has 2 aromatic carbocycles. The SMILES string of the molecule is CCC(NS(=O)(=O)c1ccc(C)cc1C)c1ccccc1. The van der Waals surface area contributed by atoms with Crippen molar-refractivity contribution in [2.75, 3.05) is 0 Å². The predicted molar refractivity (Wildman–Crippen MR) is 85.7 cm³/mol. The van der Waals surface area contributed by atoms with Crippen molar-refractivity contribution in [1.82, 2.24) is 4.72 Å². The highest BCUT2D eigenvalue weighted by molar-refractivity contribution is 7.89. The van der Waals surface area contributed by atoms with Gasteiger partial charge in [0, 0.05) is 6.04 Å². The Balaban J connectivity index is 2.32. The number of benzene rings is 2. The quantitative estimate of drug-likeness (QED) is 0.914. The second-order valence-corrected chi connectivity index (χ2v) is 6.94. The van der Waals surface area contributed by atoms with Crippen LogP contribution < -0.4 is 4.72 Å². The minimum Gasteiger partial charge on any atom is -0.207 e. The fraction of sp³-hybridized carbons (Fsp3) is 0.294. The van der Waals surface area contributed by atoms with Gasteiger partial charge >= 0.3 is 0 Å². The molecule has 0 saturated carbocycles. The minimum absolute atomic E-state index is 0.211. The molecular weight excluding hydrogens is 282 g/mol. The largest absolute Gasteiger partial charge is 0.241 e. The molecule has 112 valence electrons. The van der Waals surface area contributed by atoms with Crippen molar-refractivity contribution in [2.45, 2.75) is 38.1 Å². The van der Waals surface area contributed by atoms with Gasteiger partial charge in [-0.3, -0.25) is 0 Å². The summed E-state index contributed by atoms with van der Waals surface area (Å²) in [4.78, 5) is 0.350. The van der Waals surface area contributed by atoms with Crippen molar-refractivity contribution in [1.29, 1.82) is 0 Å². The average molecular weight is 303 g/mol. The molecule has 2 aromatic rings. The summed E-state index contributed by atoms with van der Waals surface area (Å²) in [6.45, 7) is 5.75. The molecule has 0 aliphatic rings. The highest BCUT2D eigenvalue weighted by Crippen LogP contribution is 2.22. The zero-order valence-corrected chi connectivity index (χ0v) is 13.4. The molecule has 21 heavy (non-hydrogen) atoms. The van der Waals surface area contributed by atoms with Gasteiger partial charge in [0.1, 0.15) is 0 Å². The van der Waals surface area contributed by atoms with Gasteiger partial charge in [0.2, 0.25) is 10.0 Å². The van der Waals surface area contributed by atoms with E-state index in [-0.39, 0.29) is 6.04 Å². The van der Waals surface area contributed by atoms with Gasteiger partial charge in [-0.1, -0.05) is 55.0 Å². The van der Waals surface area contributed by atoms with Gasteiger partial charge in [-0.05, 0) is 37.5 Å². The molecule has 0 spiro atoms. The van der Waals surface area contributed by atoms with Crippen molar-refractivity contribution in [3.8, 4) is 0 Å². The Kier molecular flexibility index (Phi) is 4.80. The third-order valence-electron chi connectivity index (χ3n) is 3.53. The van der Waals surface area contributed by atoms with Crippen LogP contribution in [0.25, 0.3) is 0 Å². The Morgan fingerprint density at radius 2 is 1.71 bits per heavy atom. The molecule has 1 unspecified atom stereocenters. The fourth-order valence-corrected chi connectivity index (χ4v) is 3.96. The van der Waals surface area contributed by atoms with E-state index in [9.17, 15) is 8.42 Å². The number of rotatable bonds is 5. The van der Waals surface area contributed by atoms with Crippen LogP contribution in [-0.2, 0) is 10.0 Å². The van der Waals surface area contributed by atoms with Gasteiger partial charge in [-0.25, -0.2) is 13.1 Å². The van der Waals surface area contributed by atoms with Gasteiger partial charge < -0.3 is 0 Å². The van der Waals surface area contributed by atoms with Crippen LogP contribution in [0.15, 0.2) is 53.4 Å². The van der Waals surface area contributed by atoms with E-state index in [1.54, 1.807) is 6.07 Å². The molecule has 4 heteroatoms. The lowest BCUT2D eigenvalue weighted by Crippen LogP contribution is -2.28. The normalized spacial score (nSPS) is 13.1. The third kappa shape index (κ3) is 3.71. The maximum atomic E-state index is 12.6. The summed E-state index contributed by atoms with van der Waals surface area (Å²) < 4.78 is 28.0. The van der Waals surface area contributed by atoms with Crippen LogP contribution in [-0.4, -0.2) is 8.42 Å². The second kappa shape index (κ2) is 6.41. The lowest BCUT2D eigenvalue weighted by molar-refractivity contribution is 0.549. The van der Waals surface area contributed by atoms with Crippen LogP contribution in [0.1, 0.15) is 36.1 Å². The van der Waals surface area contributed by atoms with Crippen molar-refractivity contribution in [2.24, 2.45) is 0 Å². The van der Waals surface area contributed by atoms with Gasteiger partial charge in [-0.15, -0.1) is 0 Å². The first kappa shape index (κ1) is 15.7. The minimum atomic E-state index is -3.52. The van der Waals surface area contributed by atoms with Crippen LogP contribution in [0.2, 0.25) is 0 Å². The molecule has 0 bridgehead atoms. The van der Waals surface area contributed by atoms with E-state index >= 15 is 0 Å². The molecule has 1 atom stereocenters. The van der Waals surface area contributed by atoms with E-state index in [2.05, 4.69) is 4.72 Å². The van der Waals surface area contributed by atoms with E-state index in [1.165, 1.54) is 0 Å². The van der Waals surface area contributed by atoms with Gasteiger partial charge in [0.25, 0.3) is 0 Å². The van der Waals surface area contributed by atoms with E-state index in [4.69, 9.17) is 0 Å². The molecule has 0 fully saturated rings. The second-order valence-electron chi connectivity index (χ2n) is 5.26. The molecule has 0 radical (unpaired) electrons. The molecule has 0 heterocycles. The van der Waals surface area contributed by atoms with Crippen LogP contribution >= 0.6 is 0 Å². The summed E-state index contributed by atoms with van der Waals surface area (Å²) in [6.07, 6.45) is 0.703. The molecule has 0 saturated heterocycles. The van der Waals surface area contributed by atoms with Gasteiger partial charge in [-0.2, -0.15) is 0 Å². The summed E-state index contributed by atoms with van der Waals surface area (Å²) >= 11 is 0. The van der Waals surface area contributed by atoms with Crippen molar-refractivity contribution < 1.29 is 8.42 Å². The summed E-state index contributed by atoms with van der Waals surface area (Å²) in [5.74, 6) is 0. The lowest BCUT2D eigenvalue weighted by atomic mass is 10.1. The number of aryl methyl sites for hydroxylation is 2. The number of sulfonamides is 1. The van der Waals surface area contributed by atoms with Crippen molar-refractivity contribution >= 4 is 10.0 Å². The molecule has 0 aliphatic carbocycles. The Bertz CT molecular complexity index is 709. The van der Waals surface area contributed by atoms with Crippen LogP contribution in [0, 0.1) is 13.8 Å². The standard InChI is InChI=1S/C17H21NO2S/c1-4-16(15-8-6-5-7-9-15)18-21(19,20)17-11-10-13(2)12-14(17)3/h5-12,16,18H,4H2,1-3H3. The van der Waals surface area contributed by atoms with Crippen LogP contribution in [0.3, 0.4) is 0 Å². The lowest BCUT2D eigenvalue weighted by Gasteiger charge is -2.18. The zero-order valence-electron chi connectivity index (χ0n) is 12.6. The topological polar surface area (TPSA) is 46.2 Å². The summed E-state index contributed by atoms with van der Waals surface area (Å²) in [6, 6.07) is 14.8. The van der Waals surface area contributed by atoms with Gasteiger partial charge in [0.05, 0.1) is 4.90 Å². The van der Waals surface area contributed by atoms with Gasteiger partial charge in [0.15, 0.2) is 0 Å². The Labute approximate surface area is 127 Å². The summed E-state index contributed by atoms with van der Waals surface area (Å²) in [5, 5.41) is 0. The fourth-order valence-electron chi connectivity index (χ4n) is 2.42. The van der Waals surface area contributed by atoms with Crippen LogP contribution in [0.5, 0.6) is 0 Å². The van der Waals surface area contributed by atoms with E-state index in [1.807, 2.05) is 63.2 Å². The molecule has 1 N–H and O–H groups in total. The highest BCUT2D eigenvalue weighted by atomic mass is 32.2. The number of hydrogen-bond donors (Lipinski definition) is 1. The maximum absolute atomic E-state index is 12.6. The smallest absolute Gasteiger partial charge is 0.207 e. The number of hydrogen-bond acceptors (Lipinski definition) is 2. The predicted octanol–water partition coefficient (Wildman–Crippen LogP) is 3.73. The van der Waals surface area contributed by atoms with Crippen molar-refractivity contribution in [3.63, 3.8) is 0 Å². The van der Waals surface area contributed by atoms with E-state index < -0.39 is 10.0 Å². The molecule has 0 amide bonds.